The highest BCUT2D eigenvalue weighted by Gasteiger charge is 2.26. The van der Waals surface area contributed by atoms with Crippen LogP contribution in [-0.4, -0.2) is 49.9 Å². The number of nitrogens with one attached hydrogen (secondary N) is 1. The van der Waals surface area contributed by atoms with Crippen LogP contribution in [0, 0.1) is 0 Å². The van der Waals surface area contributed by atoms with E-state index in [4.69, 9.17) is 9.47 Å². The molecule has 2 aromatic rings. The maximum Gasteiger partial charge on any atom is 0.243 e. The molecule has 3 rings (SSSR count). The van der Waals surface area contributed by atoms with Gasteiger partial charge in [-0.1, -0.05) is 0 Å². The molecule has 1 amide bonds. The molecule has 1 aromatic carbocycles. The van der Waals surface area contributed by atoms with E-state index in [2.05, 4.69) is 10.3 Å². The molecule has 1 aliphatic rings. The summed E-state index contributed by atoms with van der Waals surface area (Å²) in [4.78, 5) is 15.5. The molecular formula is C16H19N3O5S2. The summed E-state index contributed by atoms with van der Waals surface area (Å²) in [7, 11) is -3.51. The Hall–Kier alpha value is -2.01. The molecule has 2 heterocycles. The van der Waals surface area contributed by atoms with Crippen LogP contribution in [0.25, 0.3) is 0 Å². The fraction of sp³-hybridized carbons (Fsp3) is 0.375. The number of aromatic nitrogens is 1. The van der Waals surface area contributed by atoms with E-state index in [9.17, 15) is 13.2 Å². The van der Waals surface area contributed by atoms with E-state index in [1.165, 1.54) is 34.7 Å². The molecule has 1 fully saturated rings. The van der Waals surface area contributed by atoms with Crippen molar-refractivity contribution in [2.75, 3.05) is 31.6 Å². The number of benzene rings is 1. The maximum atomic E-state index is 12.6. The van der Waals surface area contributed by atoms with Crippen molar-refractivity contribution in [1.82, 2.24) is 9.29 Å². The lowest BCUT2D eigenvalue weighted by Crippen LogP contribution is -2.40. The van der Waals surface area contributed by atoms with Crippen molar-refractivity contribution in [2.24, 2.45) is 0 Å². The Balaban J connectivity index is 1.60. The predicted molar refractivity (Wildman–Crippen MR) is 96.8 cm³/mol. The zero-order chi connectivity index (χ0) is 18.6. The molecule has 0 spiro atoms. The lowest BCUT2D eigenvalue weighted by Gasteiger charge is -2.26. The van der Waals surface area contributed by atoms with Crippen molar-refractivity contribution in [3.63, 3.8) is 0 Å². The molecule has 8 nitrogen and oxygen atoms in total. The van der Waals surface area contributed by atoms with Gasteiger partial charge in [-0.2, -0.15) is 4.31 Å². The Kier molecular flexibility index (Phi) is 5.87. The van der Waals surface area contributed by atoms with E-state index in [0.29, 0.717) is 42.9 Å². The van der Waals surface area contributed by atoms with Gasteiger partial charge in [-0.05, 0) is 24.3 Å². The topological polar surface area (TPSA) is 97.8 Å². The quantitative estimate of drug-likeness (QED) is 0.797. The van der Waals surface area contributed by atoms with Crippen molar-refractivity contribution in [1.29, 1.82) is 0 Å². The molecule has 0 atom stereocenters. The third-order valence-corrected chi connectivity index (χ3v) is 6.37. The van der Waals surface area contributed by atoms with Crippen LogP contribution in [0.1, 0.15) is 12.6 Å². The zero-order valence-electron chi connectivity index (χ0n) is 14.2. The predicted octanol–water partition coefficient (Wildman–Crippen LogP) is 1.70. The highest BCUT2D eigenvalue weighted by Crippen LogP contribution is 2.22. The van der Waals surface area contributed by atoms with Crippen molar-refractivity contribution in [3.05, 3.63) is 35.3 Å². The maximum absolute atomic E-state index is 12.6. The lowest BCUT2D eigenvalue weighted by atomic mass is 10.3. The molecule has 1 aromatic heterocycles. The first-order valence-corrected chi connectivity index (χ1v) is 10.3. The number of nitrogens with zero attached hydrogens (tertiary/aromatic N) is 2. The standard InChI is InChI=1S/C16H19N3O5S2/c1-12(20)17-16-18-13(11-25-16)10-24-14-2-4-15(5-3-14)26(21,22)19-6-8-23-9-7-19/h2-5,11H,6-10H2,1H3,(H,17,18,20). The van der Waals surface area contributed by atoms with Gasteiger partial charge in [0.25, 0.3) is 0 Å². The highest BCUT2D eigenvalue weighted by molar-refractivity contribution is 7.89. The Morgan fingerprint density at radius 3 is 2.65 bits per heavy atom. The number of amides is 1. The Labute approximate surface area is 155 Å². The number of hydrogen-bond donors (Lipinski definition) is 1. The molecule has 0 unspecified atom stereocenters. The summed E-state index contributed by atoms with van der Waals surface area (Å²) in [6.07, 6.45) is 0. The summed E-state index contributed by atoms with van der Waals surface area (Å²) >= 11 is 1.32. The van der Waals surface area contributed by atoms with Crippen LogP contribution >= 0.6 is 11.3 Å². The molecule has 0 radical (unpaired) electrons. The third kappa shape index (κ3) is 4.58. The number of ether oxygens (including phenoxy) is 2. The van der Waals surface area contributed by atoms with E-state index in [-0.39, 0.29) is 17.4 Å². The Morgan fingerprint density at radius 1 is 1.31 bits per heavy atom. The number of thiazole rings is 1. The van der Waals surface area contributed by atoms with E-state index < -0.39 is 10.0 Å². The van der Waals surface area contributed by atoms with Crippen LogP contribution in [0.4, 0.5) is 5.13 Å². The fourth-order valence-corrected chi connectivity index (χ4v) is 4.53. The molecular weight excluding hydrogens is 378 g/mol. The Morgan fingerprint density at radius 2 is 2.00 bits per heavy atom. The highest BCUT2D eigenvalue weighted by atomic mass is 32.2. The second kappa shape index (κ2) is 8.12. The van der Waals surface area contributed by atoms with E-state index in [1.807, 2.05) is 0 Å². The summed E-state index contributed by atoms with van der Waals surface area (Å²) in [5.74, 6) is 0.365. The van der Waals surface area contributed by atoms with Gasteiger partial charge in [0.15, 0.2) is 5.13 Å². The fourth-order valence-electron chi connectivity index (χ4n) is 2.38. The molecule has 0 saturated carbocycles. The molecule has 1 saturated heterocycles. The van der Waals surface area contributed by atoms with Gasteiger partial charge < -0.3 is 14.8 Å². The van der Waals surface area contributed by atoms with Gasteiger partial charge in [0.2, 0.25) is 15.9 Å². The summed E-state index contributed by atoms with van der Waals surface area (Å²) in [5.41, 5.74) is 0.684. The lowest BCUT2D eigenvalue weighted by molar-refractivity contribution is -0.114. The van der Waals surface area contributed by atoms with E-state index in [1.54, 1.807) is 17.5 Å². The van der Waals surface area contributed by atoms with E-state index >= 15 is 0 Å². The van der Waals surface area contributed by atoms with Crippen molar-refractivity contribution in [3.8, 4) is 5.75 Å². The van der Waals surface area contributed by atoms with Crippen LogP contribution in [0.5, 0.6) is 5.75 Å². The summed E-state index contributed by atoms with van der Waals surface area (Å²) in [6, 6.07) is 6.30. The van der Waals surface area contributed by atoms with Crippen molar-refractivity contribution >= 4 is 32.4 Å². The number of carbonyl (C=O) groups excluding carboxylic acids is 1. The SMILES string of the molecule is CC(=O)Nc1nc(COc2ccc(S(=O)(=O)N3CCOCC3)cc2)cs1. The van der Waals surface area contributed by atoms with Gasteiger partial charge in [0.05, 0.1) is 23.8 Å². The molecule has 140 valence electrons. The number of hydrogen-bond acceptors (Lipinski definition) is 7. The monoisotopic (exact) mass is 397 g/mol. The minimum absolute atomic E-state index is 0.177. The van der Waals surface area contributed by atoms with Gasteiger partial charge >= 0.3 is 0 Å². The number of anilines is 1. The first-order chi connectivity index (χ1) is 12.4. The van der Waals surface area contributed by atoms with Gasteiger partial charge in [-0.25, -0.2) is 13.4 Å². The smallest absolute Gasteiger partial charge is 0.243 e. The molecule has 26 heavy (non-hydrogen) atoms. The number of carbonyl (C=O) groups is 1. The molecule has 10 heteroatoms. The summed E-state index contributed by atoms with van der Waals surface area (Å²) in [5, 5.41) is 4.92. The average molecular weight is 397 g/mol. The number of rotatable bonds is 6. The second-order valence-corrected chi connectivity index (χ2v) is 8.40. The molecule has 1 aliphatic heterocycles. The van der Waals surface area contributed by atoms with Crippen molar-refractivity contribution < 1.29 is 22.7 Å². The van der Waals surface area contributed by atoms with Crippen LogP contribution in [0.2, 0.25) is 0 Å². The largest absolute Gasteiger partial charge is 0.487 e. The van der Waals surface area contributed by atoms with Gasteiger partial charge in [0.1, 0.15) is 12.4 Å². The van der Waals surface area contributed by atoms with E-state index in [0.717, 1.165) is 0 Å². The Bertz CT molecular complexity index is 858. The number of sulfonamides is 1. The number of morpholine rings is 1. The second-order valence-electron chi connectivity index (χ2n) is 5.60. The third-order valence-electron chi connectivity index (χ3n) is 3.65. The van der Waals surface area contributed by atoms with Gasteiger partial charge in [-0.3, -0.25) is 4.79 Å². The normalized spacial score (nSPS) is 15.6. The summed E-state index contributed by atoms with van der Waals surface area (Å²) in [6.45, 7) is 3.20. The molecule has 0 aliphatic carbocycles. The average Bonchev–Trinajstić information content (AvgIpc) is 3.08. The van der Waals surface area contributed by atoms with Crippen LogP contribution < -0.4 is 10.1 Å². The summed E-state index contributed by atoms with van der Waals surface area (Å²) < 4.78 is 37.4. The van der Waals surface area contributed by atoms with Gasteiger partial charge in [0, 0.05) is 25.4 Å². The first-order valence-electron chi connectivity index (χ1n) is 7.98. The zero-order valence-corrected chi connectivity index (χ0v) is 15.8. The van der Waals surface area contributed by atoms with Crippen molar-refractivity contribution in [2.45, 2.75) is 18.4 Å². The minimum atomic E-state index is -3.51. The molecule has 1 N–H and O–H groups in total. The van der Waals surface area contributed by atoms with Crippen LogP contribution in [-0.2, 0) is 26.2 Å². The van der Waals surface area contributed by atoms with Gasteiger partial charge in [-0.15, -0.1) is 11.3 Å². The van der Waals surface area contributed by atoms with Crippen LogP contribution in [0.3, 0.4) is 0 Å². The van der Waals surface area contributed by atoms with Crippen LogP contribution in [0.15, 0.2) is 34.5 Å². The molecule has 0 bridgehead atoms. The minimum Gasteiger partial charge on any atom is -0.487 e. The first kappa shape index (κ1) is 18.8.